The van der Waals surface area contributed by atoms with Gasteiger partial charge in [0.2, 0.25) is 0 Å². The lowest BCUT2D eigenvalue weighted by atomic mass is 9.91. The van der Waals surface area contributed by atoms with Gasteiger partial charge in [-0.1, -0.05) is 11.6 Å². The van der Waals surface area contributed by atoms with Crippen molar-refractivity contribution in [3.05, 3.63) is 17.4 Å². The van der Waals surface area contributed by atoms with E-state index in [1.54, 1.807) is 6.20 Å². The van der Waals surface area contributed by atoms with Gasteiger partial charge in [-0.3, -0.25) is 4.68 Å². The van der Waals surface area contributed by atoms with Gasteiger partial charge in [0.1, 0.15) is 0 Å². The summed E-state index contributed by atoms with van der Waals surface area (Å²) in [7, 11) is 0. The van der Waals surface area contributed by atoms with Crippen LogP contribution in [-0.4, -0.2) is 57.2 Å². The first-order valence-electron chi connectivity index (χ1n) is 6.38. The van der Waals surface area contributed by atoms with Crippen molar-refractivity contribution in [3.8, 4) is 0 Å². The number of aromatic nitrogens is 2. The molecule has 1 aliphatic rings. The summed E-state index contributed by atoms with van der Waals surface area (Å²) < 4.78 is 1.84. The molecule has 0 radical (unpaired) electrons. The van der Waals surface area contributed by atoms with E-state index in [2.05, 4.69) is 10.00 Å². The molecule has 2 rings (SSSR count). The molecule has 1 atom stereocenters. The third-order valence-electron chi connectivity index (χ3n) is 3.61. The fourth-order valence-corrected chi connectivity index (χ4v) is 2.57. The monoisotopic (exact) mass is 273 g/mol. The summed E-state index contributed by atoms with van der Waals surface area (Å²) in [5, 5.41) is 23.3. The highest BCUT2D eigenvalue weighted by molar-refractivity contribution is 6.30. The molecule has 102 valence electrons. The quantitative estimate of drug-likeness (QED) is 0.825. The topological polar surface area (TPSA) is 61.5 Å². The van der Waals surface area contributed by atoms with E-state index < -0.39 is 6.10 Å². The zero-order chi connectivity index (χ0) is 13.0. The number of likely N-dealkylation sites (tertiary alicyclic amines) is 1. The first-order valence-corrected chi connectivity index (χ1v) is 6.76. The highest BCUT2D eigenvalue weighted by Gasteiger charge is 2.24. The van der Waals surface area contributed by atoms with Gasteiger partial charge in [-0.2, -0.15) is 5.10 Å². The first kappa shape index (κ1) is 13.8. The van der Waals surface area contributed by atoms with Gasteiger partial charge in [0.25, 0.3) is 0 Å². The van der Waals surface area contributed by atoms with Crippen molar-refractivity contribution in [2.45, 2.75) is 25.5 Å². The predicted octanol–water partition coefficient (Wildman–Crippen LogP) is 0.602. The first-order chi connectivity index (χ1) is 8.69. The van der Waals surface area contributed by atoms with Crippen LogP contribution in [0.1, 0.15) is 12.8 Å². The Balaban J connectivity index is 1.70. The summed E-state index contributed by atoms with van der Waals surface area (Å²) in [6, 6.07) is 0. The number of hydrogen-bond donors (Lipinski definition) is 2. The summed E-state index contributed by atoms with van der Waals surface area (Å²) in [4.78, 5) is 2.36. The van der Waals surface area contributed by atoms with Crippen molar-refractivity contribution in [1.29, 1.82) is 0 Å². The van der Waals surface area contributed by atoms with Crippen molar-refractivity contribution in [2.75, 3.05) is 26.2 Å². The molecule has 18 heavy (non-hydrogen) atoms. The third kappa shape index (κ3) is 3.68. The number of halogens is 1. The van der Waals surface area contributed by atoms with Crippen molar-refractivity contribution in [3.63, 3.8) is 0 Å². The third-order valence-corrected chi connectivity index (χ3v) is 3.81. The van der Waals surface area contributed by atoms with Crippen LogP contribution in [0, 0.1) is 5.92 Å². The van der Waals surface area contributed by atoms with E-state index in [-0.39, 0.29) is 12.5 Å². The van der Waals surface area contributed by atoms with Crippen LogP contribution in [0.15, 0.2) is 12.4 Å². The maximum absolute atomic E-state index is 9.58. The van der Waals surface area contributed by atoms with Crippen molar-refractivity contribution in [2.24, 2.45) is 5.92 Å². The molecule has 0 aliphatic carbocycles. The second kappa shape index (κ2) is 6.52. The standard InChI is InChI=1S/C12H20ClN3O2/c13-11-7-14-16(8-11)6-5-15-3-1-10(2-4-15)12(18)9-17/h7-8,10,12,17-18H,1-6,9H2. The second-order valence-corrected chi connectivity index (χ2v) is 5.29. The molecule has 0 saturated carbocycles. The van der Waals surface area contributed by atoms with E-state index in [1.807, 2.05) is 10.9 Å². The molecule has 1 aromatic rings. The Hall–Kier alpha value is -0.620. The maximum Gasteiger partial charge on any atom is 0.0799 e. The van der Waals surface area contributed by atoms with Crippen LogP contribution in [0.2, 0.25) is 5.02 Å². The van der Waals surface area contributed by atoms with Gasteiger partial charge < -0.3 is 15.1 Å². The largest absolute Gasteiger partial charge is 0.394 e. The minimum Gasteiger partial charge on any atom is -0.394 e. The van der Waals surface area contributed by atoms with Crippen LogP contribution in [0.5, 0.6) is 0 Å². The molecule has 6 heteroatoms. The van der Waals surface area contributed by atoms with E-state index in [4.69, 9.17) is 16.7 Å². The Bertz CT molecular complexity index is 364. The number of piperidine rings is 1. The SMILES string of the molecule is OCC(O)C1CCN(CCn2cc(Cl)cn2)CC1. The van der Waals surface area contributed by atoms with Crippen LogP contribution in [-0.2, 0) is 6.54 Å². The lowest BCUT2D eigenvalue weighted by Crippen LogP contribution is -2.40. The molecule has 1 fully saturated rings. The molecule has 0 spiro atoms. The smallest absolute Gasteiger partial charge is 0.0799 e. The van der Waals surface area contributed by atoms with E-state index >= 15 is 0 Å². The molecular weight excluding hydrogens is 254 g/mol. The maximum atomic E-state index is 9.58. The molecular formula is C12H20ClN3O2. The highest BCUT2D eigenvalue weighted by atomic mass is 35.5. The molecule has 1 unspecified atom stereocenters. The van der Waals surface area contributed by atoms with Gasteiger partial charge in [0.05, 0.1) is 30.5 Å². The van der Waals surface area contributed by atoms with Gasteiger partial charge in [0.15, 0.2) is 0 Å². The fraction of sp³-hybridized carbons (Fsp3) is 0.750. The van der Waals surface area contributed by atoms with Gasteiger partial charge in [0, 0.05) is 12.7 Å². The van der Waals surface area contributed by atoms with E-state index in [9.17, 15) is 5.11 Å². The van der Waals surface area contributed by atoms with Crippen molar-refractivity contribution >= 4 is 11.6 Å². The molecule has 5 nitrogen and oxygen atoms in total. The Labute approximate surface area is 112 Å². The van der Waals surface area contributed by atoms with Gasteiger partial charge >= 0.3 is 0 Å². The minimum atomic E-state index is -0.558. The number of aliphatic hydroxyl groups is 2. The molecule has 1 saturated heterocycles. The normalized spacial score (nSPS) is 20.2. The second-order valence-electron chi connectivity index (χ2n) is 4.85. The molecule has 0 aromatic carbocycles. The minimum absolute atomic E-state index is 0.129. The summed E-state index contributed by atoms with van der Waals surface area (Å²) in [5.41, 5.74) is 0. The van der Waals surface area contributed by atoms with E-state index in [0.717, 1.165) is 39.0 Å². The summed E-state index contributed by atoms with van der Waals surface area (Å²) in [6.07, 6.45) is 4.80. The van der Waals surface area contributed by atoms with E-state index in [0.29, 0.717) is 5.02 Å². The molecule has 2 heterocycles. The summed E-state index contributed by atoms with van der Waals surface area (Å²) in [5.74, 6) is 0.241. The molecule has 1 aromatic heterocycles. The summed E-state index contributed by atoms with van der Waals surface area (Å²) >= 11 is 5.80. The predicted molar refractivity (Wildman–Crippen MR) is 69.5 cm³/mol. The van der Waals surface area contributed by atoms with Crippen LogP contribution < -0.4 is 0 Å². The van der Waals surface area contributed by atoms with Gasteiger partial charge in [-0.25, -0.2) is 0 Å². The number of rotatable bonds is 5. The number of nitrogens with zero attached hydrogens (tertiary/aromatic N) is 3. The molecule has 1 aliphatic heterocycles. The Kier molecular flexibility index (Phi) is 5.00. The Morgan fingerprint density at radius 3 is 2.67 bits per heavy atom. The average Bonchev–Trinajstić information content (AvgIpc) is 2.82. The molecule has 2 N–H and O–H groups in total. The number of hydrogen-bond acceptors (Lipinski definition) is 4. The fourth-order valence-electron chi connectivity index (χ4n) is 2.41. The zero-order valence-electron chi connectivity index (χ0n) is 10.4. The average molecular weight is 274 g/mol. The zero-order valence-corrected chi connectivity index (χ0v) is 11.1. The van der Waals surface area contributed by atoms with Crippen LogP contribution in [0.4, 0.5) is 0 Å². The summed E-state index contributed by atoms with van der Waals surface area (Å²) in [6.45, 7) is 3.59. The van der Waals surface area contributed by atoms with E-state index in [1.165, 1.54) is 0 Å². The highest BCUT2D eigenvalue weighted by Crippen LogP contribution is 2.20. The Morgan fingerprint density at radius 2 is 2.11 bits per heavy atom. The number of aliphatic hydroxyl groups excluding tert-OH is 2. The van der Waals surface area contributed by atoms with Crippen LogP contribution in [0.3, 0.4) is 0 Å². The molecule has 0 amide bonds. The Morgan fingerprint density at radius 1 is 1.39 bits per heavy atom. The lowest BCUT2D eigenvalue weighted by molar-refractivity contribution is 0.0178. The van der Waals surface area contributed by atoms with Gasteiger partial charge in [-0.15, -0.1) is 0 Å². The van der Waals surface area contributed by atoms with Crippen LogP contribution >= 0.6 is 11.6 Å². The van der Waals surface area contributed by atoms with Gasteiger partial charge in [-0.05, 0) is 31.8 Å². The lowest BCUT2D eigenvalue weighted by Gasteiger charge is -2.33. The van der Waals surface area contributed by atoms with Crippen molar-refractivity contribution < 1.29 is 10.2 Å². The van der Waals surface area contributed by atoms with Crippen LogP contribution in [0.25, 0.3) is 0 Å². The van der Waals surface area contributed by atoms with Crippen molar-refractivity contribution in [1.82, 2.24) is 14.7 Å². The molecule has 0 bridgehead atoms.